The molecule has 1 heterocycles. The summed E-state index contributed by atoms with van der Waals surface area (Å²) in [5.41, 5.74) is 1.20. The van der Waals surface area contributed by atoms with Crippen LogP contribution in [0.3, 0.4) is 0 Å². The van der Waals surface area contributed by atoms with Gasteiger partial charge in [-0.2, -0.15) is 0 Å². The SMILES string of the molecule is COCOc1c(/C(CCO[Si](c2ccccc2)(c2ccccc2)C(C)(C)C)=N\[S@@+]([O-])C(C)(C)C)ccnc1Cl. The van der Waals surface area contributed by atoms with Gasteiger partial charge in [0.1, 0.15) is 21.8 Å². The molecule has 0 saturated heterocycles. The Hall–Kier alpha value is -2.20. The summed E-state index contributed by atoms with van der Waals surface area (Å²) in [6.07, 6.45) is 1.99. The Morgan fingerprint density at radius 3 is 2.00 bits per heavy atom. The highest BCUT2D eigenvalue weighted by Gasteiger charge is 2.50. The van der Waals surface area contributed by atoms with E-state index >= 15 is 0 Å². The minimum Gasteiger partial charge on any atom is -0.591 e. The van der Waals surface area contributed by atoms with Crippen molar-refractivity contribution in [3.63, 3.8) is 0 Å². The number of nitrogens with zero attached hydrogens (tertiary/aromatic N) is 2. The van der Waals surface area contributed by atoms with Gasteiger partial charge in [0, 0.05) is 31.9 Å². The fourth-order valence-electron chi connectivity index (χ4n) is 4.43. The molecule has 0 amide bonds. The topological polar surface area (TPSA) is 76.0 Å². The zero-order valence-corrected chi connectivity index (χ0v) is 26.4. The van der Waals surface area contributed by atoms with Crippen LogP contribution in [0.5, 0.6) is 5.75 Å². The second kappa shape index (κ2) is 13.4. The molecule has 210 valence electrons. The summed E-state index contributed by atoms with van der Waals surface area (Å²) in [5, 5.41) is 2.40. The van der Waals surface area contributed by atoms with Crippen LogP contribution in [0, 0.1) is 0 Å². The summed E-state index contributed by atoms with van der Waals surface area (Å²) in [6.45, 7) is 12.7. The Labute approximate surface area is 242 Å². The molecule has 0 saturated carbocycles. The molecule has 0 bridgehead atoms. The Morgan fingerprint density at radius 1 is 0.949 bits per heavy atom. The molecule has 1 atom stereocenters. The smallest absolute Gasteiger partial charge is 0.261 e. The van der Waals surface area contributed by atoms with Crippen molar-refractivity contribution in [1.29, 1.82) is 0 Å². The van der Waals surface area contributed by atoms with Gasteiger partial charge in [-0.05, 0) is 42.2 Å². The number of rotatable bonds is 11. The van der Waals surface area contributed by atoms with E-state index in [9.17, 15) is 4.55 Å². The van der Waals surface area contributed by atoms with Crippen LogP contribution < -0.4 is 15.1 Å². The average molecular weight is 587 g/mol. The molecule has 0 radical (unpaired) electrons. The largest absolute Gasteiger partial charge is 0.591 e. The van der Waals surface area contributed by atoms with Crippen LogP contribution in [-0.4, -0.2) is 48.8 Å². The minimum absolute atomic E-state index is 0.00732. The maximum absolute atomic E-state index is 13.2. The van der Waals surface area contributed by atoms with Gasteiger partial charge < -0.3 is 18.5 Å². The molecule has 3 aromatic rings. The Kier molecular flexibility index (Phi) is 10.8. The van der Waals surface area contributed by atoms with Gasteiger partial charge in [-0.25, -0.2) is 4.98 Å². The number of methoxy groups -OCH3 is 1. The van der Waals surface area contributed by atoms with E-state index < -0.39 is 24.4 Å². The van der Waals surface area contributed by atoms with E-state index in [0.717, 1.165) is 0 Å². The zero-order valence-electron chi connectivity index (χ0n) is 23.9. The van der Waals surface area contributed by atoms with Crippen LogP contribution in [0.1, 0.15) is 53.5 Å². The van der Waals surface area contributed by atoms with E-state index in [1.807, 2.05) is 32.9 Å². The van der Waals surface area contributed by atoms with Gasteiger partial charge in [0.15, 0.2) is 17.7 Å². The van der Waals surface area contributed by atoms with Crippen LogP contribution in [-0.2, 0) is 20.5 Å². The van der Waals surface area contributed by atoms with Gasteiger partial charge in [-0.1, -0.05) is 97.4 Å². The summed E-state index contributed by atoms with van der Waals surface area (Å²) in [5.74, 6) is 0.344. The lowest BCUT2D eigenvalue weighted by atomic mass is 10.1. The molecular weight excluding hydrogens is 548 g/mol. The van der Waals surface area contributed by atoms with Crippen molar-refractivity contribution in [2.45, 2.75) is 57.7 Å². The molecule has 0 fully saturated rings. The number of ether oxygens (including phenoxy) is 2. The van der Waals surface area contributed by atoms with Crippen molar-refractivity contribution in [3.8, 4) is 5.75 Å². The molecule has 0 aliphatic carbocycles. The molecule has 2 aromatic carbocycles. The van der Waals surface area contributed by atoms with Gasteiger partial charge in [-0.15, -0.1) is 0 Å². The molecule has 0 spiro atoms. The molecule has 0 aliphatic heterocycles. The molecule has 9 heteroatoms. The van der Waals surface area contributed by atoms with E-state index in [1.54, 1.807) is 12.3 Å². The number of hydrogen-bond acceptors (Lipinski definition) is 6. The summed E-state index contributed by atoms with van der Waals surface area (Å²) >= 11 is 4.91. The molecule has 0 N–H and O–H groups in total. The van der Waals surface area contributed by atoms with Crippen LogP contribution in [0.25, 0.3) is 0 Å². The molecule has 0 unspecified atom stereocenters. The van der Waals surface area contributed by atoms with Gasteiger partial charge in [0.05, 0.1) is 0 Å². The van der Waals surface area contributed by atoms with Crippen LogP contribution in [0.4, 0.5) is 0 Å². The summed E-state index contributed by atoms with van der Waals surface area (Å²) < 4.78 is 35.3. The molecule has 6 nitrogen and oxygen atoms in total. The van der Waals surface area contributed by atoms with E-state index in [2.05, 4.69) is 78.7 Å². The third-order valence-corrected chi connectivity index (χ3v) is 13.0. The fourth-order valence-corrected chi connectivity index (χ4v) is 9.87. The van der Waals surface area contributed by atoms with E-state index in [-0.39, 0.29) is 17.0 Å². The van der Waals surface area contributed by atoms with Crippen molar-refractivity contribution in [2.75, 3.05) is 20.5 Å². The maximum Gasteiger partial charge on any atom is 0.261 e. The van der Waals surface area contributed by atoms with Crippen LogP contribution in [0.2, 0.25) is 10.2 Å². The summed E-state index contributed by atoms with van der Waals surface area (Å²) in [4.78, 5) is 4.16. The number of halogens is 1. The second-order valence-electron chi connectivity index (χ2n) is 11.2. The van der Waals surface area contributed by atoms with Gasteiger partial charge in [0.25, 0.3) is 8.32 Å². The lowest BCUT2D eigenvalue weighted by molar-refractivity contribution is 0.0508. The van der Waals surface area contributed by atoms with E-state index in [0.29, 0.717) is 30.1 Å². The first-order valence-electron chi connectivity index (χ1n) is 12.9. The third-order valence-electron chi connectivity index (χ3n) is 6.28. The highest BCUT2D eigenvalue weighted by Crippen LogP contribution is 2.37. The van der Waals surface area contributed by atoms with Crippen molar-refractivity contribution in [2.24, 2.45) is 4.40 Å². The zero-order chi connectivity index (χ0) is 28.7. The average Bonchev–Trinajstić information content (AvgIpc) is 2.89. The molecular formula is C30H39ClN2O4SSi. The first-order valence-corrected chi connectivity index (χ1v) is 16.3. The molecule has 1 aromatic heterocycles. The number of pyridine rings is 1. The number of hydrogen-bond donors (Lipinski definition) is 0. The van der Waals surface area contributed by atoms with Crippen molar-refractivity contribution in [3.05, 3.63) is 83.6 Å². The lowest BCUT2D eigenvalue weighted by Crippen LogP contribution is -2.66. The van der Waals surface area contributed by atoms with E-state index in [1.165, 1.54) is 17.5 Å². The van der Waals surface area contributed by atoms with Gasteiger partial charge >= 0.3 is 0 Å². The predicted molar refractivity (Wildman–Crippen MR) is 164 cm³/mol. The molecule has 0 aliphatic rings. The second-order valence-corrected chi connectivity index (χ2v) is 17.8. The van der Waals surface area contributed by atoms with Crippen LogP contribution >= 0.6 is 11.6 Å². The first-order chi connectivity index (χ1) is 18.4. The first kappa shape index (κ1) is 31.3. The van der Waals surface area contributed by atoms with Crippen molar-refractivity contribution < 1.29 is 18.5 Å². The summed E-state index contributed by atoms with van der Waals surface area (Å²) in [7, 11) is -1.23. The van der Waals surface area contributed by atoms with Gasteiger partial charge in [-0.3, -0.25) is 0 Å². The maximum atomic E-state index is 13.2. The number of aromatic nitrogens is 1. The Balaban J connectivity index is 2.07. The normalized spacial score (nSPS) is 13.8. The van der Waals surface area contributed by atoms with Gasteiger partial charge in [0.2, 0.25) is 0 Å². The lowest BCUT2D eigenvalue weighted by Gasteiger charge is -2.43. The summed E-state index contributed by atoms with van der Waals surface area (Å²) in [6, 6.07) is 22.7. The van der Waals surface area contributed by atoms with E-state index in [4.69, 9.17) is 25.5 Å². The standard InChI is InChI=1S/C30H39ClN2O4SSi/c1-29(2,3)38(34)33-26(25-18-20-32-28(31)27(25)36-22-35-7)19-21-37-39(30(4,5)6,23-14-10-8-11-15-23)24-16-12-9-13-17-24/h8-18,20H,19,21-22H2,1-7H3/b33-26-/t38-/m0/s1. The third kappa shape index (κ3) is 7.51. The highest BCUT2D eigenvalue weighted by atomic mass is 35.5. The number of benzene rings is 2. The molecule has 39 heavy (non-hydrogen) atoms. The van der Waals surface area contributed by atoms with Crippen molar-refractivity contribution >= 4 is 47.4 Å². The van der Waals surface area contributed by atoms with Crippen molar-refractivity contribution in [1.82, 2.24) is 4.98 Å². The van der Waals surface area contributed by atoms with Crippen LogP contribution in [0.15, 0.2) is 77.3 Å². The molecule has 3 rings (SSSR count). The Bertz CT molecular complexity index is 1190. The fraction of sp³-hybridized carbons (Fsp3) is 0.400. The Morgan fingerprint density at radius 2 is 1.51 bits per heavy atom. The highest BCUT2D eigenvalue weighted by molar-refractivity contribution is 7.91. The predicted octanol–water partition coefficient (Wildman–Crippen LogP) is 5.94. The monoisotopic (exact) mass is 586 g/mol. The minimum atomic E-state index is -2.76. The quantitative estimate of drug-likeness (QED) is 0.0914.